The highest BCUT2D eigenvalue weighted by atomic mass is 28.5. The van der Waals surface area contributed by atoms with Crippen molar-refractivity contribution in [1.82, 2.24) is 0 Å². The van der Waals surface area contributed by atoms with Crippen LogP contribution in [0.1, 0.15) is 13.3 Å². The summed E-state index contributed by atoms with van der Waals surface area (Å²) in [5.41, 5.74) is 0. The van der Waals surface area contributed by atoms with Gasteiger partial charge in [-0.3, -0.25) is 0 Å². The predicted molar refractivity (Wildman–Crippen MR) is 130 cm³/mol. The summed E-state index contributed by atoms with van der Waals surface area (Å²) in [4.78, 5) is 0. The molecule has 0 fully saturated rings. The first kappa shape index (κ1) is 28.8. The molecular formula is C17H46O6Si5. The van der Waals surface area contributed by atoms with Crippen molar-refractivity contribution in [2.75, 3.05) is 13.2 Å². The Kier molecular flexibility index (Phi) is 11.3. The molecule has 0 amide bonds. The number of hydrogen-bond donors (Lipinski definition) is 1. The smallest absolute Gasteiger partial charge is 0.314 e. The largest absolute Gasteiger partial charge is 0.437 e. The molecular weight excluding hydrogens is 441 g/mol. The second-order valence-electron chi connectivity index (χ2n) is 10.4. The Morgan fingerprint density at radius 2 is 1.11 bits per heavy atom. The number of ether oxygens (including phenoxy) is 1. The lowest BCUT2D eigenvalue weighted by atomic mass is 10.4. The lowest BCUT2D eigenvalue weighted by Crippen LogP contribution is -2.58. The minimum absolute atomic E-state index is 0.0614. The summed E-state index contributed by atoms with van der Waals surface area (Å²) in [6.45, 7) is 26.3. The van der Waals surface area contributed by atoms with Crippen LogP contribution in [-0.4, -0.2) is 66.7 Å². The third-order valence-corrected chi connectivity index (χ3v) is 21.7. The second-order valence-corrected chi connectivity index (χ2v) is 30.4. The molecule has 28 heavy (non-hydrogen) atoms. The molecule has 0 aliphatic rings. The van der Waals surface area contributed by atoms with Gasteiger partial charge in [-0.1, -0.05) is 0 Å². The lowest BCUT2D eigenvalue weighted by molar-refractivity contribution is 0.0251. The molecule has 0 aromatic rings. The van der Waals surface area contributed by atoms with Gasteiger partial charge < -0.3 is 26.3 Å². The van der Waals surface area contributed by atoms with Gasteiger partial charge in [-0.15, -0.1) is 0 Å². The van der Waals surface area contributed by atoms with E-state index in [1.807, 2.05) is 6.92 Å². The van der Waals surface area contributed by atoms with Gasteiger partial charge >= 0.3 is 25.7 Å². The SMILES string of the molecule is CC(CO)OCCC[Si](C)(C)O[Si](C)(C)O[Si](C)(C)O[Si](C)(C)O[Si](C)(C)C. The van der Waals surface area contributed by atoms with Crippen molar-refractivity contribution in [1.29, 1.82) is 0 Å². The summed E-state index contributed by atoms with van der Waals surface area (Å²) >= 11 is 0. The Bertz CT molecular complexity index is 465. The molecule has 0 saturated heterocycles. The van der Waals surface area contributed by atoms with E-state index < -0.39 is 42.3 Å². The fourth-order valence-electron chi connectivity index (χ4n) is 3.54. The number of aliphatic hydroxyl groups excluding tert-OH is 1. The quantitative estimate of drug-likeness (QED) is 0.276. The molecule has 0 rings (SSSR count). The first-order chi connectivity index (χ1) is 12.3. The maximum atomic E-state index is 9.03. The van der Waals surface area contributed by atoms with Crippen LogP contribution >= 0.6 is 0 Å². The van der Waals surface area contributed by atoms with Crippen LogP contribution in [-0.2, 0) is 21.2 Å². The van der Waals surface area contributed by atoms with Crippen molar-refractivity contribution in [3.05, 3.63) is 0 Å². The van der Waals surface area contributed by atoms with Crippen LogP contribution in [0.2, 0.25) is 78.1 Å². The van der Waals surface area contributed by atoms with E-state index in [0.29, 0.717) is 6.61 Å². The summed E-state index contributed by atoms with van der Waals surface area (Å²) in [7, 11) is -10.5. The van der Waals surface area contributed by atoms with Gasteiger partial charge in [0.2, 0.25) is 0 Å². The van der Waals surface area contributed by atoms with Crippen molar-refractivity contribution in [2.24, 2.45) is 0 Å². The molecule has 0 aromatic heterocycles. The number of hydrogen-bond acceptors (Lipinski definition) is 6. The number of rotatable bonds is 14. The van der Waals surface area contributed by atoms with E-state index >= 15 is 0 Å². The van der Waals surface area contributed by atoms with Gasteiger partial charge in [0.05, 0.1) is 12.7 Å². The van der Waals surface area contributed by atoms with Gasteiger partial charge in [0.25, 0.3) is 0 Å². The monoisotopic (exact) mass is 486 g/mol. The maximum Gasteiger partial charge on any atom is 0.314 e. The fraction of sp³-hybridized carbons (Fsp3) is 1.00. The van der Waals surface area contributed by atoms with Gasteiger partial charge in [-0.2, -0.15) is 0 Å². The zero-order valence-corrected chi connectivity index (χ0v) is 25.4. The highest BCUT2D eigenvalue weighted by molar-refractivity contribution is 6.90. The van der Waals surface area contributed by atoms with E-state index in [-0.39, 0.29) is 12.7 Å². The normalized spacial score (nSPS) is 15.8. The lowest BCUT2D eigenvalue weighted by Gasteiger charge is -2.42. The minimum Gasteiger partial charge on any atom is -0.437 e. The van der Waals surface area contributed by atoms with E-state index in [4.69, 9.17) is 26.3 Å². The van der Waals surface area contributed by atoms with Gasteiger partial charge in [-0.05, 0) is 91.4 Å². The molecule has 6 nitrogen and oxygen atoms in total. The summed E-state index contributed by atoms with van der Waals surface area (Å²) < 4.78 is 31.5. The molecule has 1 N–H and O–H groups in total. The summed E-state index contributed by atoms with van der Waals surface area (Å²) in [5.74, 6) is 0. The van der Waals surface area contributed by atoms with Gasteiger partial charge in [0.1, 0.15) is 0 Å². The van der Waals surface area contributed by atoms with E-state index in [1.54, 1.807) is 0 Å². The third kappa shape index (κ3) is 14.8. The molecule has 0 aromatic carbocycles. The zero-order chi connectivity index (χ0) is 22.4. The van der Waals surface area contributed by atoms with E-state index in [0.717, 1.165) is 12.5 Å². The molecule has 0 heterocycles. The molecule has 0 aliphatic carbocycles. The fourth-order valence-corrected chi connectivity index (χ4v) is 27.3. The second kappa shape index (κ2) is 10.9. The first-order valence-electron chi connectivity index (χ1n) is 10.3. The van der Waals surface area contributed by atoms with Crippen LogP contribution < -0.4 is 0 Å². The molecule has 0 aliphatic heterocycles. The average molecular weight is 487 g/mol. The zero-order valence-electron chi connectivity index (χ0n) is 20.4. The molecule has 0 spiro atoms. The summed E-state index contributed by atoms with van der Waals surface area (Å²) in [6.07, 6.45) is 0.838. The van der Waals surface area contributed by atoms with E-state index in [2.05, 4.69) is 72.0 Å². The predicted octanol–water partition coefficient (Wildman–Crippen LogP) is 4.99. The molecule has 0 radical (unpaired) electrons. The van der Waals surface area contributed by atoms with Crippen molar-refractivity contribution in [2.45, 2.75) is 97.5 Å². The molecule has 0 bridgehead atoms. The van der Waals surface area contributed by atoms with Gasteiger partial charge in [0, 0.05) is 6.61 Å². The van der Waals surface area contributed by atoms with Crippen LogP contribution in [0.25, 0.3) is 0 Å². The summed E-state index contributed by atoms with van der Waals surface area (Å²) in [6, 6.07) is 1.01. The van der Waals surface area contributed by atoms with Crippen LogP contribution in [0, 0.1) is 0 Å². The maximum absolute atomic E-state index is 9.03. The van der Waals surface area contributed by atoms with Crippen molar-refractivity contribution >= 4 is 42.3 Å². The van der Waals surface area contributed by atoms with Crippen LogP contribution in [0.3, 0.4) is 0 Å². The average Bonchev–Trinajstić information content (AvgIpc) is 2.35. The Balaban J connectivity index is 4.73. The van der Waals surface area contributed by atoms with Crippen molar-refractivity contribution in [3.63, 3.8) is 0 Å². The number of aliphatic hydroxyl groups is 1. The standard InChI is InChI=1S/C17H46O6Si5/c1-17(16-18)19-14-13-15-25(5,6)21-27(9,10)23-28(11,12)22-26(7,8)20-24(2,3)4/h17-18H,13-16H2,1-12H3. The Morgan fingerprint density at radius 3 is 1.54 bits per heavy atom. The van der Waals surface area contributed by atoms with Crippen LogP contribution in [0.4, 0.5) is 0 Å². The highest BCUT2D eigenvalue weighted by Gasteiger charge is 2.45. The van der Waals surface area contributed by atoms with Gasteiger partial charge in [-0.25, -0.2) is 0 Å². The summed E-state index contributed by atoms with van der Waals surface area (Å²) in [5, 5.41) is 9.03. The van der Waals surface area contributed by atoms with Crippen LogP contribution in [0.15, 0.2) is 0 Å². The van der Waals surface area contributed by atoms with Gasteiger partial charge in [0.15, 0.2) is 16.6 Å². The molecule has 11 heteroatoms. The molecule has 0 saturated carbocycles. The van der Waals surface area contributed by atoms with E-state index in [1.165, 1.54) is 0 Å². The van der Waals surface area contributed by atoms with Crippen LogP contribution in [0.5, 0.6) is 0 Å². The Morgan fingerprint density at radius 1 is 0.679 bits per heavy atom. The molecule has 1 unspecified atom stereocenters. The first-order valence-corrected chi connectivity index (χ1v) is 25.3. The van der Waals surface area contributed by atoms with E-state index in [9.17, 15) is 0 Å². The third-order valence-electron chi connectivity index (χ3n) is 3.64. The Hall–Kier alpha value is 0.844. The molecule has 1 atom stereocenters. The van der Waals surface area contributed by atoms with Crippen molar-refractivity contribution in [3.8, 4) is 0 Å². The topological polar surface area (TPSA) is 66.4 Å². The minimum atomic E-state index is -2.37. The van der Waals surface area contributed by atoms with Crippen molar-refractivity contribution < 1.29 is 26.3 Å². The Labute approximate surface area is 179 Å². The highest BCUT2D eigenvalue weighted by Crippen LogP contribution is 2.27. The molecule has 170 valence electrons.